The summed E-state index contributed by atoms with van der Waals surface area (Å²) < 4.78 is 0. The van der Waals surface area contributed by atoms with Crippen molar-refractivity contribution in [1.82, 2.24) is 0 Å². The van der Waals surface area contributed by atoms with Crippen LogP contribution in [-0.4, -0.2) is 16.7 Å². The maximum atomic E-state index is 10.7. The van der Waals surface area contributed by atoms with E-state index in [0.29, 0.717) is 5.56 Å². The molecule has 5 heteroatoms. The van der Waals surface area contributed by atoms with Gasteiger partial charge in [-0.25, -0.2) is 0 Å². The predicted octanol–water partition coefficient (Wildman–Crippen LogP) is 2.74. The normalized spacial score (nSPS) is 11.7. The van der Waals surface area contributed by atoms with Crippen molar-refractivity contribution in [2.75, 3.05) is 0 Å². The molecule has 0 saturated carbocycles. The molecule has 16 heavy (non-hydrogen) atoms. The zero-order valence-electron chi connectivity index (χ0n) is 9.51. The highest BCUT2D eigenvalue weighted by atomic mass is 16.6. The van der Waals surface area contributed by atoms with E-state index in [9.17, 15) is 10.1 Å². The van der Waals surface area contributed by atoms with Crippen molar-refractivity contribution in [2.45, 2.75) is 26.4 Å². The van der Waals surface area contributed by atoms with E-state index in [2.05, 4.69) is 5.16 Å². The van der Waals surface area contributed by atoms with E-state index < -0.39 is 10.5 Å². The molecule has 1 aromatic carbocycles. The first-order valence-electron chi connectivity index (χ1n) is 4.85. The number of hydrogen-bond acceptors (Lipinski definition) is 4. The van der Waals surface area contributed by atoms with Gasteiger partial charge in [-0.2, -0.15) is 0 Å². The zero-order valence-corrected chi connectivity index (χ0v) is 9.51. The van der Waals surface area contributed by atoms with Gasteiger partial charge >= 0.3 is 0 Å². The van der Waals surface area contributed by atoms with Crippen LogP contribution in [0.2, 0.25) is 0 Å². The summed E-state index contributed by atoms with van der Waals surface area (Å²) in [6.45, 7) is 5.55. The summed E-state index contributed by atoms with van der Waals surface area (Å²) in [5, 5.41) is 14.4. The molecule has 0 radical (unpaired) electrons. The van der Waals surface area contributed by atoms with Gasteiger partial charge in [0.25, 0.3) is 5.69 Å². The number of oxime groups is 1. The second-order valence-electron chi connectivity index (χ2n) is 4.25. The minimum Gasteiger partial charge on any atom is -0.390 e. The number of nitro benzene ring substituents is 1. The molecule has 0 saturated heterocycles. The Balaban J connectivity index is 2.85. The molecule has 0 bridgehead atoms. The van der Waals surface area contributed by atoms with Crippen LogP contribution < -0.4 is 0 Å². The average molecular weight is 222 g/mol. The molecule has 0 heterocycles. The Labute approximate surface area is 93.9 Å². The molecule has 0 unspecified atom stereocenters. The van der Waals surface area contributed by atoms with Gasteiger partial charge in [0.2, 0.25) is 0 Å². The third-order valence-corrected chi connectivity index (χ3v) is 1.65. The lowest BCUT2D eigenvalue weighted by atomic mass is 10.2. The van der Waals surface area contributed by atoms with Gasteiger partial charge in [0.1, 0.15) is 5.60 Å². The second kappa shape index (κ2) is 4.74. The number of para-hydroxylation sites is 1. The van der Waals surface area contributed by atoms with Gasteiger partial charge in [-0.1, -0.05) is 17.3 Å². The Bertz CT molecular complexity index is 408. The average Bonchev–Trinajstić information content (AvgIpc) is 2.16. The SMILES string of the molecule is CC(C)(C)O/N=C/c1ccccc1[N+](=O)[O-]. The predicted molar refractivity (Wildman–Crippen MR) is 61.5 cm³/mol. The Morgan fingerprint density at radius 2 is 2.00 bits per heavy atom. The van der Waals surface area contributed by atoms with Crippen LogP contribution in [0, 0.1) is 10.1 Å². The van der Waals surface area contributed by atoms with Gasteiger partial charge in [0.05, 0.1) is 16.7 Å². The minimum absolute atomic E-state index is 0.0174. The number of hydrogen-bond donors (Lipinski definition) is 0. The number of nitrogens with zero attached hydrogens (tertiary/aromatic N) is 2. The summed E-state index contributed by atoms with van der Waals surface area (Å²) in [7, 11) is 0. The van der Waals surface area contributed by atoms with Crippen LogP contribution in [0.4, 0.5) is 5.69 Å². The van der Waals surface area contributed by atoms with E-state index >= 15 is 0 Å². The maximum absolute atomic E-state index is 10.7. The summed E-state index contributed by atoms with van der Waals surface area (Å²) in [6.07, 6.45) is 1.35. The molecule has 0 spiro atoms. The van der Waals surface area contributed by atoms with Gasteiger partial charge in [0, 0.05) is 6.07 Å². The molecule has 1 aromatic rings. The fourth-order valence-corrected chi connectivity index (χ4v) is 1.00. The molecule has 0 aliphatic rings. The van der Waals surface area contributed by atoms with E-state index in [1.165, 1.54) is 12.3 Å². The molecular weight excluding hydrogens is 208 g/mol. The number of benzene rings is 1. The largest absolute Gasteiger partial charge is 0.390 e. The molecule has 0 N–H and O–H groups in total. The topological polar surface area (TPSA) is 64.7 Å². The third-order valence-electron chi connectivity index (χ3n) is 1.65. The molecule has 0 amide bonds. The van der Waals surface area contributed by atoms with Crippen molar-refractivity contribution in [2.24, 2.45) is 5.16 Å². The first kappa shape index (κ1) is 12.2. The highest BCUT2D eigenvalue weighted by Crippen LogP contribution is 2.16. The van der Waals surface area contributed by atoms with Crippen molar-refractivity contribution in [1.29, 1.82) is 0 Å². The monoisotopic (exact) mass is 222 g/mol. The van der Waals surface area contributed by atoms with Crippen molar-refractivity contribution in [3.05, 3.63) is 39.9 Å². The van der Waals surface area contributed by atoms with Crippen molar-refractivity contribution >= 4 is 11.9 Å². The summed E-state index contributed by atoms with van der Waals surface area (Å²) in [6, 6.07) is 6.37. The Kier molecular flexibility index (Phi) is 3.60. The standard InChI is InChI=1S/C11H14N2O3/c1-11(2,3)16-12-8-9-6-4-5-7-10(9)13(14)15/h4-8H,1-3H3/b12-8+. The summed E-state index contributed by atoms with van der Waals surface area (Å²) in [5.41, 5.74) is 0.0422. The first-order chi connectivity index (χ1) is 7.40. The van der Waals surface area contributed by atoms with Gasteiger partial charge in [-0.05, 0) is 26.8 Å². The third kappa shape index (κ3) is 3.68. The van der Waals surface area contributed by atoms with Crippen LogP contribution in [0.5, 0.6) is 0 Å². The van der Waals surface area contributed by atoms with Gasteiger partial charge in [0.15, 0.2) is 0 Å². The van der Waals surface area contributed by atoms with E-state index in [1.807, 2.05) is 20.8 Å². The first-order valence-corrected chi connectivity index (χ1v) is 4.85. The summed E-state index contributed by atoms with van der Waals surface area (Å²) in [5.74, 6) is 0. The van der Waals surface area contributed by atoms with Crippen molar-refractivity contribution in [3.63, 3.8) is 0 Å². The van der Waals surface area contributed by atoms with E-state index in [-0.39, 0.29) is 5.69 Å². The quantitative estimate of drug-likeness (QED) is 0.448. The van der Waals surface area contributed by atoms with Crippen LogP contribution >= 0.6 is 0 Å². The lowest BCUT2D eigenvalue weighted by Crippen LogP contribution is -2.15. The van der Waals surface area contributed by atoms with Gasteiger partial charge in [-0.15, -0.1) is 0 Å². The van der Waals surface area contributed by atoms with Crippen LogP contribution in [0.25, 0.3) is 0 Å². The maximum Gasteiger partial charge on any atom is 0.278 e. The van der Waals surface area contributed by atoms with Crippen molar-refractivity contribution < 1.29 is 9.76 Å². The molecule has 0 atom stereocenters. The highest BCUT2D eigenvalue weighted by Gasteiger charge is 2.12. The van der Waals surface area contributed by atoms with Gasteiger partial charge < -0.3 is 4.84 Å². The second-order valence-corrected chi connectivity index (χ2v) is 4.25. The Morgan fingerprint density at radius 1 is 1.38 bits per heavy atom. The minimum atomic E-state index is -0.446. The molecule has 86 valence electrons. The van der Waals surface area contributed by atoms with Crippen LogP contribution in [0.1, 0.15) is 26.3 Å². The molecular formula is C11H14N2O3. The van der Waals surface area contributed by atoms with Crippen molar-refractivity contribution in [3.8, 4) is 0 Å². The lowest BCUT2D eigenvalue weighted by Gasteiger charge is -2.14. The Morgan fingerprint density at radius 3 is 2.56 bits per heavy atom. The van der Waals surface area contributed by atoms with E-state index in [0.717, 1.165) is 0 Å². The molecule has 0 aliphatic carbocycles. The van der Waals surface area contributed by atoms with Gasteiger partial charge in [-0.3, -0.25) is 10.1 Å². The van der Waals surface area contributed by atoms with Crippen LogP contribution in [0.3, 0.4) is 0 Å². The van der Waals surface area contributed by atoms with E-state index in [4.69, 9.17) is 4.84 Å². The highest BCUT2D eigenvalue weighted by molar-refractivity contribution is 5.84. The van der Waals surface area contributed by atoms with Crippen LogP contribution in [-0.2, 0) is 4.84 Å². The van der Waals surface area contributed by atoms with E-state index in [1.54, 1.807) is 18.2 Å². The molecule has 0 aromatic heterocycles. The fraction of sp³-hybridized carbons (Fsp3) is 0.364. The van der Waals surface area contributed by atoms with Crippen LogP contribution in [0.15, 0.2) is 29.4 Å². The number of rotatable bonds is 3. The summed E-state index contributed by atoms with van der Waals surface area (Å²) in [4.78, 5) is 15.4. The molecule has 0 aliphatic heterocycles. The zero-order chi connectivity index (χ0) is 12.2. The molecule has 0 fully saturated rings. The Hall–Kier alpha value is -1.91. The fourth-order valence-electron chi connectivity index (χ4n) is 1.00. The lowest BCUT2D eigenvalue weighted by molar-refractivity contribution is -0.385. The smallest absolute Gasteiger partial charge is 0.278 e. The molecule has 5 nitrogen and oxygen atoms in total. The number of nitro groups is 1. The summed E-state index contributed by atoms with van der Waals surface area (Å²) >= 11 is 0. The molecule has 1 rings (SSSR count).